The number of guanidine groups is 1. The van der Waals surface area contributed by atoms with Crippen molar-refractivity contribution in [2.45, 2.75) is 6.54 Å². The quantitative estimate of drug-likeness (QED) is 0.313. The molecule has 0 spiro atoms. The number of hydrazine groups is 1. The van der Waals surface area contributed by atoms with E-state index in [1.165, 1.54) is 0 Å². The summed E-state index contributed by atoms with van der Waals surface area (Å²) in [6, 6.07) is 7.02. The predicted molar refractivity (Wildman–Crippen MR) is 56.1 cm³/mol. The van der Waals surface area contributed by atoms with Crippen molar-refractivity contribution in [3.8, 4) is 0 Å². The van der Waals surface area contributed by atoms with Crippen molar-refractivity contribution >= 4 is 17.6 Å². The van der Waals surface area contributed by atoms with Crippen molar-refractivity contribution < 1.29 is 5.03 Å². The molecule has 0 aliphatic carbocycles. The third kappa shape index (κ3) is 4.28. The van der Waals surface area contributed by atoms with Crippen molar-refractivity contribution in [1.82, 2.24) is 10.7 Å². The van der Waals surface area contributed by atoms with Crippen molar-refractivity contribution in [1.29, 1.82) is 5.41 Å². The van der Waals surface area contributed by atoms with E-state index in [9.17, 15) is 10.1 Å². The molecule has 80 valence electrons. The SMILES string of the molecule is N=C(NCc1cccc(Cl)c1)N[N+](=O)[O-]. The summed E-state index contributed by atoms with van der Waals surface area (Å²) in [5.41, 5.74) is 2.53. The van der Waals surface area contributed by atoms with E-state index in [1.807, 2.05) is 0 Å². The Kier molecular flexibility index (Phi) is 3.87. The lowest BCUT2D eigenvalue weighted by atomic mass is 10.2. The van der Waals surface area contributed by atoms with Crippen molar-refractivity contribution in [2.24, 2.45) is 0 Å². The molecule has 0 amide bonds. The fourth-order valence-electron chi connectivity index (χ4n) is 0.968. The molecule has 6 nitrogen and oxygen atoms in total. The largest absolute Gasteiger partial charge is 0.348 e. The van der Waals surface area contributed by atoms with Crippen LogP contribution >= 0.6 is 11.6 Å². The van der Waals surface area contributed by atoms with Gasteiger partial charge in [0.25, 0.3) is 5.96 Å². The van der Waals surface area contributed by atoms with Gasteiger partial charge in [0, 0.05) is 11.6 Å². The molecule has 0 heterocycles. The Bertz CT molecular complexity index is 383. The van der Waals surface area contributed by atoms with E-state index in [-0.39, 0.29) is 5.96 Å². The highest BCUT2D eigenvalue weighted by Crippen LogP contribution is 2.09. The monoisotopic (exact) mass is 228 g/mol. The molecule has 1 aromatic rings. The molecule has 1 aromatic carbocycles. The van der Waals surface area contributed by atoms with Gasteiger partial charge in [-0.3, -0.25) is 5.41 Å². The Morgan fingerprint density at radius 3 is 2.93 bits per heavy atom. The number of nitrogens with zero attached hydrogens (tertiary/aromatic N) is 1. The third-order valence-electron chi connectivity index (χ3n) is 1.56. The third-order valence-corrected chi connectivity index (χ3v) is 1.80. The van der Waals surface area contributed by atoms with E-state index in [1.54, 1.807) is 29.7 Å². The molecule has 0 bridgehead atoms. The van der Waals surface area contributed by atoms with Gasteiger partial charge in [0.15, 0.2) is 5.03 Å². The van der Waals surface area contributed by atoms with E-state index in [2.05, 4.69) is 5.32 Å². The Morgan fingerprint density at radius 1 is 1.60 bits per heavy atom. The van der Waals surface area contributed by atoms with Crippen LogP contribution in [0.2, 0.25) is 5.02 Å². The van der Waals surface area contributed by atoms with Crippen LogP contribution in [0.3, 0.4) is 0 Å². The Morgan fingerprint density at radius 2 is 2.33 bits per heavy atom. The van der Waals surface area contributed by atoms with Crippen LogP contribution in [0.5, 0.6) is 0 Å². The number of nitro groups is 1. The Hall–Kier alpha value is -1.82. The van der Waals surface area contributed by atoms with Crippen LogP contribution in [0.25, 0.3) is 0 Å². The average Bonchev–Trinajstić information content (AvgIpc) is 2.14. The minimum atomic E-state index is -0.798. The van der Waals surface area contributed by atoms with Gasteiger partial charge >= 0.3 is 0 Å². The first kappa shape index (κ1) is 11.3. The number of rotatable bonds is 3. The smallest absolute Gasteiger partial charge is 0.251 e. The van der Waals surface area contributed by atoms with E-state index >= 15 is 0 Å². The van der Waals surface area contributed by atoms with Gasteiger partial charge in [0.1, 0.15) is 0 Å². The van der Waals surface area contributed by atoms with E-state index < -0.39 is 5.03 Å². The molecule has 15 heavy (non-hydrogen) atoms. The topological polar surface area (TPSA) is 91.1 Å². The van der Waals surface area contributed by atoms with E-state index in [0.717, 1.165) is 5.56 Å². The van der Waals surface area contributed by atoms with Gasteiger partial charge in [-0.05, 0) is 17.7 Å². The molecule has 0 saturated heterocycles. The van der Waals surface area contributed by atoms with Crippen LogP contribution in [0, 0.1) is 15.5 Å². The van der Waals surface area contributed by atoms with Crippen molar-refractivity contribution in [3.63, 3.8) is 0 Å². The number of halogens is 1. The maximum Gasteiger partial charge on any atom is 0.251 e. The lowest BCUT2D eigenvalue weighted by Crippen LogP contribution is -2.39. The first-order valence-electron chi connectivity index (χ1n) is 4.06. The summed E-state index contributed by atoms with van der Waals surface area (Å²) in [5.74, 6) is -0.361. The van der Waals surface area contributed by atoms with Gasteiger partial charge in [0.2, 0.25) is 0 Å². The van der Waals surface area contributed by atoms with Gasteiger partial charge in [-0.1, -0.05) is 29.2 Å². The molecule has 0 saturated carbocycles. The molecule has 0 radical (unpaired) electrons. The van der Waals surface area contributed by atoms with Gasteiger partial charge in [-0.15, -0.1) is 0 Å². The van der Waals surface area contributed by atoms with E-state index in [0.29, 0.717) is 11.6 Å². The lowest BCUT2D eigenvalue weighted by molar-refractivity contribution is -0.525. The summed E-state index contributed by atoms with van der Waals surface area (Å²) in [5, 5.41) is 19.4. The molecule has 0 unspecified atom stereocenters. The summed E-state index contributed by atoms with van der Waals surface area (Å²) >= 11 is 5.74. The number of benzene rings is 1. The highest BCUT2D eigenvalue weighted by atomic mass is 35.5. The summed E-state index contributed by atoms with van der Waals surface area (Å²) in [6.45, 7) is 0.306. The van der Waals surface area contributed by atoms with Crippen molar-refractivity contribution in [3.05, 3.63) is 45.0 Å². The first-order valence-corrected chi connectivity index (χ1v) is 4.43. The lowest BCUT2D eigenvalue weighted by Gasteiger charge is -2.04. The van der Waals surface area contributed by atoms with E-state index in [4.69, 9.17) is 17.0 Å². The van der Waals surface area contributed by atoms with Gasteiger partial charge in [0.05, 0.1) is 0 Å². The molecular formula is C8H9ClN4O2. The van der Waals surface area contributed by atoms with Gasteiger partial charge < -0.3 is 5.32 Å². The van der Waals surface area contributed by atoms with Crippen LogP contribution in [-0.2, 0) is 6.54 Å². The Balaban J connectivity index is 2.43. The molecule has 0 fully saturated rings. The molecule has 0 aromatic heterocycles. The van der Waals surface area contributed by atoms with Crippen molar-refractivity contribution in [2.75, 3.05) is 0 Å². The minimum absolute atomic E-state index is 0.306. The molecule has 7 heteroatoms. The molecule has 3 N–H and O–H groups in total. The summed E-state index contributed by atoms with van der Waals surface area (Å²) in [6.07, 6.45) is 0. The van der Waals surface area contributed by atoms with Crippen LogP contribution in [-0.4, -0.2) is 11.0 Å². The maximum atomic E-state index is 9.97. The van der Waals surface area contributed by atoms with Crippen LogP contribution < -0.4 is 10.7 Å². The second-order valence-electron chi connectivity index (χ2n) is 2.73. The van der Waals surface area contributed by atoms with Crippen LogP contribution in [0.1, 0.15) is 5.56 Å². The maximum absolute atomic E-state index is 9.97. The normalized spacial score (nSPS) is 9.40. The zero-order valence-electron chi connectivity index (χ0n) is 7.66. The zero-order chi connectivity index (χ0) is 11.3. The standard InChI is InChI=1S/C8H9ClN4O2/c9-7-3-1-2-6(4-7)5-11-8(10)12-13(14)15/h1-4H,5H2,(H3,10,11,12). The fourth-order valence-corrected chi connectivity index (χ4v) is 1.18. The van der Waals surface area contributed by atoms with Crippen LogP contribution in [0.15, 0.2) is 24.3 Å². The zero-order valence-corrected chi connectivity index (χ0v) is 8.41. The number of nitrogens with one attached hydrogen (secondary N) is 3. The molecule has 1 rings (SSSR count). The fraction of sp³-hybridized carbons (Fsp3) is 0.125. The molecular weight excluding hydrogens is 220 g/mol. The highest BCUT2D eigenvalue weighted by molar-refractivity contribution is 6.30. The highest BCUT2D eigenvalue weighted by Gasteiger charge is 2.01. The minimum Gasteiger partial charge on any atom is -0.348 e. The second kappa shape index (κ2) is 5.16. The average molecular weight is 229 g/mol. The summed E-state index contributed by atoms with van der Waals surface area (Å²) in [4.78, 5) is 9.97. The predicted octanol–water partition coefficient (Wildman–Crippen LogP) is 1.15. The Labute approximate surface area is 90.9 Å². The number of hydrogen-bond acceptors (Lipinski definition) is 3. The number of hydrogen-bond donors (Lipinski definition) is 3. The summed E-state index contributed by atoms with van der Waals surface area (Å²) in [7, 11) is 0. The molecule has 0 atom stereocenters. The first-order chi connectivity index (χ1) is 7.08. The van der Waals surface area contributed by atoms with Gasteiger partial charge in [-0.2, -0.15) is 0 Å². The molecule has 0 aliphatic rings. The summed E-state index contributed by atoms with van der Waals surface area (Å²) < 4.78 is 0. The van der Waals surface area contributed by atoms with Crippen LogP contribution in [0.4, 0.5) is 0 Å². The second-order valence-corrected chi connectivity index (χ2v) is 3.16. The molecule has 0 aliphatic heterocycles. The van der Waals surface area contributed by atoms with Gasteiger partial charge in [-0.25, -0.2) is 10.1 Å².